The summed E-state index contributed by atoms with van der Waals surface area (Å²) in [5, 5.41) is 3.01. The molecular weight excluding hydrogens is 222 g/mol. The van der Waals surface area contributed by atoms with Crippen LogP contribution in [0.1, 0.15) is 54.7 Å². The van der Waals surface area contributed by atoms with Crippen molar-refractivity contribution >= 4 is 5.78 Å². The molecule has 0 radical (unpaired) electrons. The summed E-state index contributed by atoms with van der Waals surface area (Å²) in [7, 11) is 1.82. The van der Waals surface area contributed by atoms with Crippen molar-refractivity contribution < 1.29 is 4.79 Å². The average Bonchev–Trinajstić information content (AvgIpc) is 2.25. The van der Waals surface area contributed by atoms with Crippen molar-refractivity contribution in [2.24, 2.45) is 0 Å². The van der Waals surface area contributed by atoms with E-state index in [0.717, 1.165) is 16.7 Å². The van der Waals surface area contributed by atoms with Crippen LogP contribution in [-0.4, -0.2) is 18.9 Å². The molecule has 0 amide bonds. The van der Waals surface area contributed by atoms with Gasteiger partial charge in [0.15, 0.2) is 5.78 Å². The highest BCUT2D eigenvalue weighted by Gasteiger charge is 2.21. The quantitative estimate of drug-likeness (QED) is 0.830. The first-order valence-electron chi connectivity index (χ1n) is 6.51. The standard InChI is InChI=1S/C16H25NO/c1-10-8-13(16(4,5)6)9-11(2)14(10)15(18)12(3)17-7/h8-9,12,17H,1-7H3. The first-order valence-corrected chi connectivity index (χ1v) is 6.51. The minimum Gasteiger partial charge on any atom is -0.310 e. The summed E-state index contributed by atoms with van der Waals surface area (Å²) in [5.41, 5.74) is 4.42. The molecule has 0 fully saturated rings. The van der Waals surface area contributed by atoms with Crippen molar-refractivity contribution in [2.75, 3.05) is 7.05 Å². The fraction of sp³-hybridized carbons (Fsp3) is 0.562. The minimum atomic E-state index is -0.136. The zero-order valence-corrected chi connectivity index (χ0v) is 12.6. The molecular formula is C16H25NO. The summed E-state index contributed by atoms with van der Waals surface area (Å²) in [4.78, 5) is 12.3. The number of aryl methyl sites for hydroxylation is 2. The monoisotopic (exact) mass is 247 g/mol. The van der Waals surface area contributed by atoms with Crippen molar-refractivity contribution in [1.82, 2.24) is 5.32 Å². The van der Waals surface area contributed by atoms with Gasteiger partial charge in [-0.3, -0.25) is 4.79 Å². The van der Waals surface area contributed by atoms with Gasteiger partial charge in [-0.25, -0.2) is 0 Å². The van der Waals surface area contributed by atoms with Crippen LogP contribution in [0.2, 0.25) is 0 Å². The molecule has 0 saturated carbocycles. The third-order valence-electron chi connectivity index (χ3n) is 3.47. The predicted octanol–water partition coefficient (Wildman–Crippen LogP) is 3.39. The van der Waals surface area contributed by atoms with E-state index in [-0.39, 0.29) is 17.2 Å². The predicted molar refractivity (Wildman–Crippen MR) is 77.5 cm³/mol. The highest BCUT2D eigenvalue weighted by Crippen LogP contribution is 2.27. The number of carbonyl (C=O) groups is 1. The Bertz CT molecular complexity index is 432. The van der Waals surface area contributed by atoms with E-state index in [9.17, 15) is 4.79 Å². The highest BCUT2D eigenvalue weighted by atomic mass is 16.1. The van der Waals surface area contributed by atoms with Gasteiger partial charge >= 0.3 is 0 Å². The summed E-state index contributed by atoms with van der Waals surface area (Å²) in [6.45, 7) is 12.5. The average molecular weight is 247 g/mol. The van der Waals surface area contributed by atoms with Crippen LogP contribution < -0.4 is 5.32 Å². The van der Waals surface area contributed by atoms with E-state index in [0.29, 0.717) is 0 Å². The van der Waals surface area contributed by atoms with E-state index in [1.807, 2.05) is 27.8 Å². The fourth-order valence-corrected chi connectivity index (χ4v) is 2.13. The number of hydrogen-bond donors (Lipinski definition) is 1. The number of nitrogens with one attached hydrogen (secondary N) is 1. The van der Waals surface area contributed by atoms with Gasteiger partial charge in [0, 0.05) is 5.56 Å². The second-order valence-corrected chi connectivity index (χ2v) is 6.11. The molecule has 0 spiro atoms. The van der Waals surface area contributed by atoms with Crippen LogP contribution in [0.15, 0.2) is 12.1 Å². The second-order valence-electron chi connectivity index (χ2n) is 6.11. The van der Waals surface area contributed by atoms with Gasteiger partial charge in [-0.2, -0.15) is 0 Å². The van der Waals surface area contributed by atoms with Crippen molar-refractivity contribution in [1.29, 1.82) is 0 Å². The van der Waals surface area contributed by atoms with Gasteiger partial charge < -0.3 is 5.32 Å². The largest absolute Gasteiger partial charge is 0.310 e. The van der Waals surface area contributed by atoms with Crippen LogP contribution in [0.4, 0.5) is 0 Å². The molecule has 0 saturated heterocycles. The number of ketones is 1. The summed E-state index contributed by atoms with van der Waals surface area (Å²) in [6.07, 6.45) is 0. The lowest BCUT2D eigenvalue weighted by Crippen LogP contribution is -2.32. The van der Waals surface area contributed by atoms with E-state index in [2.05, 4.69) is 38.2 Å². The first kappa shape index (κ1) is 14.9. The number of Topliss-reactive ketones (excluding diaryl/α,β-unsaturated/α-hetero) is 1. The summed E-state index contributed by atoms with van der Waals surface area (Å²) in [5.74, 6) is 0.174. The maximum Gasteiger partial charge on any atom is 0.179 e. The van der Waals surface area contributed by atoms with Crippen LogP contribution in [-0.2, 0) is 5.41 Å². The van der Waals surface area contributed by atoms with Gasteiger partial charge in [-0.1, -0.05) is 32.9 Å². The Hall–Kier alpha value is -1.15. The van der Waals surface area contributed by atoms with Gasteiger partial charge in [0.05, 0.1) is 6.04 Å². The Morgan fingerprint density at radius 3 is 1.94 bits per heavy atom. The molecule has 0 aromatic heterocycles. The zero-order valence-electron chi connectivity index (χ0n) is 12.6. The van der Waals surface area contributed by atoms with Crippen molar-refractivity contribution in [2.45, 2.75) is 53.0 Å². The molecule has 0 aliphatic carbocycles. The third kappa shape index (κ3) is 2.99. The molecule has 1 atom stereocenters. The highest BCUT2D eigenvalue weighted by molar-refractivity contribution is 6.02. The lowest BCUT2D eigenvalue weighted by Gasteiger charge is -2.22. The molecule has 1 rings (SSSR count). The Kier molecular flexibility index (Phi) is 4.33. The van der Waals surface area contributed by atoms with E-state index in [4.69, 9.17) is 0 Å². The van der Waals surface area contributed by atoms with Gasteiger partial charge in [0.2, 0.25) is 0 Å². The van der Waals surface area contributed by atoms with Crippen LogP contribution in [0.25, 0.3) is 0 Å². The topological polar surface area (TPSA) is 29.1 Å². The number of carbonyl (C=O) groups excluding carboxylic acids is 1. The Morgan fingerprint density at radius 2 is 1.61 bits per heavy atom. The second kappa shape index (κ2) is 5.23. The molecule has 18 heavy (non-hydrogen) atoms. The molecule has 0 heterocycles. The number of hydrogen-bond acceptors (Lipinski definition) is 2. The molecule has 1 unspecified atom stereocenters. The lowest BCUT2D eigenvalue weighted by molar-refractivity contribution is 0.0953. The van der Waals surface area contributed by atoms with Gasteiger partial charge in [-0.15, -0.1) is 0 Å². The summed E-state index contributed by atoms with van der Waals surface area (Å²) in [6, 6.07) is 4.15. The molecule has 0 aliphatic heterocycles. The van der Waals surface area contributed by atoms with Crippen LogP contribution >= 0.6 is 0 Å². The number of likely N-dealkylation sites (N-methyl/N-ethyl adjacent to an activating group) is 1. The Balaban J connectivity index is 3.30. The smallest absolute Gasteiger partial charge is 0.179 e. The van der Waals surface area contributed by atoms with E-state index in [1.54, 1.807) is 0 Å². The normalized spacial score (nSPS) is 13.5. The molecule has 2 heteroatoms. The molecule has 0 bridgehead atoms. The van der Waals surface area contributed by atoms with Crippen molar-refractivity contribution in [3.05, 3.63) is 34.4 Å². The van der Waals surface area contributed by atoms with Gasteiger partial charge in [-0.05, 0) is 49.9 Å². The third-order valence-corrected chi connectivity index (χ3v) is 3.47. The van der Waals surface area contributed by atoms with Crippen molar-refractivity contribution in [3.63, 3.8) is 0 Å². The van der Waals surface area contributed by atoms with E-state index in [1.165, 1.54) is 5.56 Å². The molecule has 1 N–H and O–H groups in total. The van der Waals surface area contributed by atoms with E-state index >= 15 is 0 Å². The maximum atomic E-state index is 12.3. The minimum absolute atomic E-state index is 0.117. The zero-order chi connectivity index (χ0) is 14.1. The van der Waals surface area contributed by atoms with Crippen LogP contribution in [0, 0.1) is 13.8 Å². The lowest BCUT2D eigenvalue weighted by atomic mass is 9.82. The first-order chi connectivity index (χ1) is 8.18. The van der Waals surface area contributed by atoms with Crippen LogP contribution in [0.3, 0.4) is 0 Å². The molecule has 2 nitrogen and oxygen atoms in total. The molecule has 100 valence electrons. The number of benzene rings is 1. The molecule has 0 aliphatic rings. The molecule has 1 aromatic carbocycles. The Labute approximate surface area is 111 Å². The van der Waals surface area contributed by atoms with Crippen molar-refractivity contribution in [3.8, 4) is 0 Å². The molecule has 1 aromatic rings. The van der Waals surface area contributed by atoms with Crippen LogP contribution in [0.5, 0.6) is 0 Å². The summed E-state index contributed by atoms with van der Waals surface area (Å²) >= 11 is 0. The van der Waals surface area contributed by atoms with E-state index < -0.39 is 0 Å². The fourth-order valence-electron chi connectivity index (χ4n) is 2.13. The SMILES string of the molecule is CNC(C)C(=O)c1c(C)cc(C(C)(C)C)cc1C. The Morgan fingerprint density at radius 1 is 1.17 bits per heavy atom. The van der Waals surface area contributed by atoms with Gasteiger partial charge in [0.1, 0.15) is 0 Å². The summed E-state index contributed by atoms with van der Waals surface area (Å²) < 4.78 is 0. The number of rotatable bonds is 3. The maximum absolute atomic E-state index is 12.3. The van der Waals surface area contributed by atoms with Gasteiger partial charge in [0.25, 0.3) is 0 Å².